The van der Waals surface area contributed by atoms with Crippen LogP contribution in [0.3, 0.4) is 0 Å². The van der Waals surface area contributed by atoms with E-state index < -0.39 is 0 Å². The lowest BCUT2D eigenvalue weighted by Gasteiger charge is -2.20. The monoisotopic (exact) mass is 217 g/mol. The zero-order valence-electron chi connectivity index (χ0n) is 9.22. The van der Waals surface area contributed by atoms with Crippen LogP contribution in [0.1, 0.15) is 0 Å². The van der Waals surface area contributed by atoms with E-state index in [0.29, 0.717) is 12.2 Å². The first-order chi connectivity index (χ1) is 7.74. The summed E-state index contributed by atoms with van der Waals surface area (Å²) in [4.78, 5) is 6.17. The van der Waals surface area contributed by atoms with Crippen LogP contribution in [0.5, 0.6) is 0 Å². The van der Waals surface area contributed by atoms with Gasteiger partial charge in [-0.3, -0.25) is 4.98 Å². The number of aliphatic hydroxyl groups is 1. The molecule has 0 saturated carbocycles. The van der Waals surface area contributed by atoms with E-state index in [9.17, 15) is 0 Å². The second-order valence-corrected chi connectivity index (χ2v) is 3.71. The highest BCUT2D eigenvalue weighted by atomic mass is 16.3. The number of hydrogen-bond donors (Lipinski definition) is 2. The summed E-state index contributed by atoms with van der Waals surface area (Å²) in [7, 11) is 1.91. The Bertz CT molecular complexity index is 499. The summed E-state index contributed by atoms with van der Waals surface area (Å²) in [6, 6.07) is 7.69. The average molecular weight is 217 g/mol. The molecule has 3 N–H and O–H groups in total. The molecule has 0 amide bonds. The predicted octanol–water partition coefficient (Wildman–Crippen LogP) is 1.25. The maximum absolute atomic E-state index is 8.91. The molecule has 0 atom stereocenters. The van der Waals surface area contributed by atoms with Gasteiger partial charge < -0.3 is 15.7 Å². The number of likely N-dealkylation sites (N-methyl/N-ethyl adjacent to an activating group) is 1. The molecule has 1 aromatic heterocycles. The van der Waals surface area contributed by atoms with Gasteiger partial charge in [0.2, 0.25) is 0 Å². The van der Waals surface area contributed by atoms with Gasteiger partial charge in [0.1, 0.15) is 0 Å². The summed E-state index contributed by atoms with van der Waals surface area (Å²) < 4.78 is 0. The first-order valence-electron chi connectivity index (χ1n) is 5.19. The summed E-state index contributed by atoms with van der Waals surface area (Å²) in [6.07, 6.45) is 1.75. The van der Waals surface area contributed by atoms with Crippen molar-refractivity contribution in [2.75, 3.05) is 30.8 Å². The van der Waals surface area contributed by atoms with Crippen LogP contribution >= 0.6 is 0 Å². The van der Waals surface area contributed by atoms with E-state index in [1.807, 2.05) is 36.2 Å². The Labute approximate surface area is 94.3 Å². The number of hydrogen-bond acceptors (Lipinski definition) is 4. The Hall–Kier alpha value is -1.81. The summed E-state index contributed by atoms with van der Waals surface area (Å²) in [5, 5.41) is 9.86. The summed E-state index contributed by atoms with van der Waals surface area (Å²) in [6.45, 7) is 0.678. The molecule has 16 heavy (non-hydrogen) atoms. The molecule has 1 heterocycles. The van der Waals surface area contributed by atoms with Crippen LogP contribution in [0.2, 0.25) is 0 Å². The first-order valence-corrected chi connectivity index (χ1v) is 5.19. The minimum atomic E-state index is 0.112. The first kappa shape index (κ1) is 10.7. The molecule has 4 heteroatoms. The molecule has 84 valence electrons. The Morgan fingerprint density at radius 3 is 2.94 bits per heavy atom. The van der Waals surface area contributed by atoms with E-state index in [-0.39, 0.29) is 6.61 Å². The van der Waals surface area contributed by atoms with Crippen molar-refractivity contribution in [3.05, 3.63) is 30.5 Å². The van der Waals surface area contributed by atoms with Crippen molar-refractivity contribution in [1.82, 2.24) is 4.98 Å². The number of pyridine rings is 1. The number of aliphatic hydroxyl groups excluding tert-OH is 1. The van der Waals surface area contributed by atoms with Crippen molar-refractivity contribution in [3.63, 3.8) is 0 Å². The third kappa shape index (κ3) is 1.79. The average Bonchev–Trinajstić information content (AvgIpc) is 2.30. The van der Waals surface area contributed by atoms with Gasteiger partial charge in [0, 0.05) is 25.2 Å². The highest BCUT2D eigenvalue weighted by Gasteiger charge is 2.08. The summed E-state index contributed by atoms with van der Waals surface area (Å²) in [5.41, 5.74) is 8.61. The van der Waals surface area contributed by atoms with Gasteiger partial charge in [0.25, 0.3) is 0 Å². The highest BCUT2D eigenvalue weighted by molar-refractivity contribution is 5.97. The van der Waals surface area contributed by atoms with Crippen molar-refractivity contribution < 1.29 is 5.11 Å². The lowest BCUT2D eigenvalue weighted by atomic mass is 10.1. The lowest BCUT2D eigenvalue weighted by molar-refractivity contribution is 0.304. The van der Waals surface area contributed by atoms with Crippen molar-refractivity contribution in [2.45, 2.75) is 0 Å². The quantitative estimate of drug-likeness (QED) is 0.759. The molecule has 0 saturated heterocycles. The van der Waals surface area contributed by atoms with Gasteiger partial charge in [0.15, 0.2) is 0 Å². The fraction of sp³-hybridized carbons (Fsp3) is 0.250. The van der Waals surface area contributed by atoms with Crippen molar-refractivity contribution in [3.8, 4) is 0 Å². The molecule has 0 bridgehead atoms. The van der Waals surface area contributed by atoms with Gasteiger partial charge in [-0.05, 0) is 24.3 Å². The summed E-state index contributed by atoms with van der Waals surface area (Å²) >= 11 is 0. The molecule has 0 aliphatic carbocycles. The van der Waals surface area contributed by atoms with Gasteiger partial charge in [0.05, 0.1) is 23.5 Å². The van der Waals surface area contributed by atoms with E-state index in [1.54, 1.807) is 6.20 Å². The van der Waals surface area contributed by atoms with E-state index in [0.717, 1.165) is 16.6 Å². The van der Waals surface area contributed by atoms with Crippen LogP contribution in [0.15, 0.2) is 30.5 Å². The highest BCUT2D eigenvalue weighted by Crippen LogP contribution is 2.29. The number of nitrogens with zero attached hydrogens (tertiary/aromatic N) is 2. The second-order valence-electron chi connectivity index (χ2n) is 3.71. The normalized spacial score (nSPS) is 10.6. The zero-order valence-corrected chi connectivity index (χ0v) is 9.22. The molecular formula is C12H15N3O. The number of rotatable bonds is 3. The summed E-state index contributed by atoms with van der Waals surface area (Å²) in [5.74, 6) is 0. The van der Waals surface area contributed by atoms with Crippen molar-refractivity contribution >= 4 is 22.3 Å². The third-order valence-corrected chi connectivity index (χ3v) is 2.65. The van der Waals surface area contributed by atoms with Gasteiger partial charge in [-0.15, -0.1) is 0 Å². The zero-order chi connectivity index (χ0) is 11.5. The minimum absolute atomic E-state index is 0.112. The smallest absolute Gasteiger partial charge is 0.0724 e. The van der Waals surface area contributed by atoms with Gasteiger partial charge in [-0.2, -0.15) is 0 Å². The minimum Gasteiger partial charge on any atom is -0.396 e. The van der Waals surface area contributed by atoms with Gasteiger partial charge >= 0.3 is 0 Å². The van der Waals surface area contributed by atoms with Crippen LogP contribution in [0, 0.1) is 0 Å². The van der Waals surface area contributed by atoms with E-state index in [1.165, 1.54) is 0 Å². The Kier molecular flexibility index (Phi) is 2.92. The Morgan fingerprint density at radius 1 is 1.38 bits per heavy atom. The largest absolute Gasteiger partial charge is 0.396 e. The molecule has 2 rings (SSSR count). The van der Waals surface area contributed by atoms with Crippen LogP contribution in [0.25, 0.3) is 10.9 Å². The molecule has 0 spiro atoms. The Balaban J connectivity index is 2.52. The topological polar surface area (TPSA) is 62.4 Å². The standard InChI is InChI=1S/C12H15N3O/c1-15(7-8-16)11-5-4-10-9(12(11)13)3-2-6-14-10/h2-6,16H,7-8,13H2,1H3. The lowest BCUT2D eigenvalue weighted by Crippen LogP contribution is -2.22. The number of fused-ring (bicyclic) bond motifs is 1. The number of benzene rings is 1. The molecule has 1 aromatic carbocycles. The molecule has 2 aromatic rings. The maximum atomic E-state index is 8.91. The number of nitrogens with two attached hydrogens (primary N) is 1. The van der Waals surface area contributed by atoms with Crippen LogP contribution < -0.4 is 10.6 Å². The molecule has 4 nitrogen and oxygen atoms in total. The fourth-order valence-corrected chi connectivity index (χ4v) is 1.77. The SMILES string of the molecule is CN(CCO)c1ccc2ncccc2c1N. The van der Waals surface area contributed by atoms with E-state index >= 15 is 0 Å². The molecule has 0 aliphatic heterocycles. The number of aromatic nitrogens is 1. The van der Waals surface area contributed by atoms with Crippen LogP contribution in [-0.4, -0.2) is 30.3 Å². The molecule has 0 aliphatic rings. The second kappa shape index (κ2) is 4.37. The maximum Gasteiger partial charge on any atom is 0.0724 e. The third-order valence-electron chi connectivity index (χ3n) is 2.65. The number of anilines is 2. The van der Waals surface area contributed by atoms with Crippen molar-refractivity contribution in [1.29, 1.82) is 0 Å². The molecule has 0 radical (unpaired) electrons. The van der Waals surface area contributed by atoms with Crippen LogP contribution in [0.4, 0.5) is 11.4 Å². The fourth-order valence-electron chi connectivity index (χ4n) is 1.77. The van der Waals surface area contributed by atoms with Gasteiger partial charge in [-0.25, -0.2) is 0 Å². The van der Waals surface area contributed by atoms with Gasteiger partial charge in [-0.1, -0.05) is 0 Å². The Morgan fingerprint density at radius 2 is 2.19 bits per heavy atom. The van der Waals surface area contributed by atoms with E-state index in [4.69, 9.17) is 10.8 Å². The van der Waals surface area contributed by atoms with Crippen LogP contribution in [-0.2, 0) is 0 Å². The van der Waals surface area contributed by atoms with Crippen molar-refractivity contribution in [2.24, 2.45) is 0 Å². The molecule has 0 fully saturated rings. The number of nitrogen functional groups attached to an aromatic ring is 1. The predicted molar refractivity (Wildman–Crippen MR) is 66.5 cm³/mol. The molecule has 0 unspecified atom stereocenters. The molecular weight excluding hydrogens is 202 g/mol. The van der Waals surface area contributed by atoms with E-state index in [2.05, 4.69) is 4.98 Å².